The van der Waals surface area contributed by atoms with E-state index in [-0.39, 0.29) is 0 Å². The van der Waals surface area contributed by atoms with Gasteiger partial charge in [-0.2, -0.15) is 0 Å². The maximum absolute atomic E-state index is 6.49. The summed E-state index contributed by atoms with van der Waals surface area (Å²) >= 11 is 0. The summed E-state index contributed by atoms with van der Waals surface area (Å²) in [5.74, 6) is 0. The van der Waals surface area contributed by atoms with Gasteiger partial charge >= 0.3 is 0 Å². The van der Waals surface area contributed by atoms with Gasteiger partial charge < -0.3 is 13.3 Å². The second-order valence-electron chi connectivity index (χ2n) is 11.5. The Morgan fingerprint density at radius 2 is 0.689 bits per heavy atom. The topological polar surface area (TPSA) is 52.3 Å². The third-order valence-electron chi connectivity index (χ3n) is 8.90. The van der Waals surface area contributed by atoms with Gasteiger partial charge in [-0.15, -0.1) is 0 Å². The molecule has 0 saturated carbocycles. The van der Waals surface area contributed by atoms with Crippen molar-refractivity contribution in [2.75, 3.05) is 0 Å². The van der Waals surface area contributed by atoms with Crippen molar-refractivity contribution in [1.29, 1.82) is 0 Å². The number of hydrogen-bond donors (Lipinski definition) is 0. The molecular weight excluding hydrogens is 554 g/mol. The third-order valence-corrected chi connectivity index (χ3v) is 8.90. The second-order valence-corrected chi connectivity index (χ2v) is 11.5. The maximum Gasteiger partial charge on any atom is 0.144 e. The highest BCUT2D eigenvalue weighted by atomic mass is 16.3. The first-order valence-corrected chi connectivity index (χ1v) is 15.0. The summed E-state index contributed by atoms with van der Waals surface area (Å²) in [5.41, 5.74) is 10.6. The van der Waals surface area contributed by atoms with Crippen LogP contribution in [0.15, 0.2) is 153 Å². The average molecular weight is 578 g/mol. The van der Waals surface area contributed by atoms with Crippen molar-refractivity contribution in [3.8, 4) is 33.6 Å². The summed E-state index contributed by atoms with van der Waals surface area (Å²) in [6, 6.07) is 47.7. The van der Waals surface area contributed by atoms with Gasteiger partial charge in [0.2, 0.25) is 0 Å². The number of aromatic nitrogens is 1. The Balaban J connectivity index is 1.29. The zero-order chi connectivity index (χ0) is 29.5. The fourth-order valence-corrected chi connectivity index (χ4v) is 6.83. The van der Waals surface area contributed by atoms with Gasteiger partial charge in [-0.25, -0.2) is 4.98 Å². The van der Waals surface area contributed by atoms with Gasteiger partial charge in [0.05, 0.1) is 11.4 Å². The normalized spacial score (nSPS) is 12.0. The molecule has 10 aromatic rings. The first kappa shape index (κ1) is 24.3. The van der Waals surface area contributed by atoms with Crippen LogP contribution in [-0.4, -0.2) is 4.98 Å². The van der Waals surface area contributed by atoms with E-state index >= 15 is 0 Å². The third kappa shape index (κ3) is 3.57. The van der Waals surface area contributed by atoms with Gasteiger partial charge in [0, 0.05) is 49.0 Å². The van der Waals surface area contributed by atoms with E-state index in [1.54, 1.807) is 0 Å². The lowest BCUT2D eigenvalue weighted by Gasteiger charge is -2.11. The quantitative estimate of drug-likeness (QED) is 0.210. The van der Waals surface area contributed by atoms with Crippen molar-refractivity contribution in [3.05, 3.63) is 140 Å². The minimum atomic E-state index is 0.813. The maximum atomic E-state index is 6.49. The van der Waals surface area contributed by atoms with Gasteiger partial charge in [-0.05, 0) is 48.0 Å². The highest BCUT2D eigenvalue weighted by Crippen LogP contribution is 2.42. The number of hydrogen-bond acceptors (Lipinski definition) is 4. The highest BCUT2D eigenvalue weighted by molar-refractivity contribution is 6.12. The molecule has 0 spiro atoms. The molecule has 0 radical (unpaired) electrons. The Morgan fingerprint density at radius 1 is 0.333 bits per heavy atom. The standard InChI is InChI=1S/C41H23NO3/c1-4-19-36-26(10-1)29-14-7-13-25(39(29)43-36)24-22-34(32-17-8-15-30-27-11-2-5-20-37(27)44-40(30)32)42-35(23-24)33-18-9-16-31-28-12-3-6-21-38(28)45-41(31)33/h1-23H. The molecule has 0 saturated heterocycles. The van der Waals surface area contributed by atoms with Crippen molar-refractivity contribution in [2.24, 2.45) is 0 Å². The molecule has 0 aliphatic carbocycles. The van der Waals surface area contributed by atoms with Crippen molar-refractivity contribution in [2.45, 2.75) is 0 Å². The SMILES string of the molecule is c1ccc2c(c1)oc1c(-c3cc(-c4cccc5c4oc4ccccc45)nc(-c4cccc5c4oc4ccccc45)c3)cccc12. The number of para-hydroxylation sites is 6. The number of furan rings is 3. The summed E-state index contributed by atoms with van der Waals surface area (Å²) in [4.78, 5) is 5.31. The fourth-order valence-electron chi connectivity index (χ4n) is 6.83. The lowest BCUT2D eigenvalue weighted by Crippen LogP contribution is -1.92. The molecule has 0 unspecified atom stereocenters. The molecule has 10 rings (SSSR count). The molecule has 4 aromatic heterocycles. The molecule has 0 fully saturated rings. The van der Waals surface area contributed by atoms with Crippen LogP contribution in [0, 0.1) is 0 Å². The molecule has 0 aliphatic heterocycles. The van der Waals surface area contributed by atoms with E-state index in [1.165, 1.54) is 0 Å². The van der Waals surface area contributed by atoms with E-state index in [0.717, 1.165) is 99.5 Å². The second kappa shape index (κ2) is 9.18. The minimum absolute atomic E-state index is 0.813. The molecule has 45 heavy (non-hydrogen) atoms. The first-order chi connectivity index (χ1) is 22.3. The first-order valence-electron chi connectivity index (χ1n) is 15.0. The van der Waals surface area contributed by atoms with Gasteiger partial charge in [0.25, 0.3) is 0 Å². The van der Waals surface area contributed by atoms with Gasteiger partial charge in [0.15, 0.2) is 0 Å². The van der Waals surface area contributed by atoms with Gasteiger partial charge in [-0.3, -0.25) is 0 Å². The molecular formula is C41H23NO3. The van der Waals surface area contributed by atoms with Crippen LogP contribution in [0.5, 0.6) is 0 Å². The minimum Gasteiger partial charge on any atom is -0.455 e. The van der Waals surface area contributed by atoms with Crippen LogP contribution in [0.4, 0.5) is 0 Å². The average Bonchev–Trinajstić information content (AvgIpc) is 3.79. The van der Waals surface area contributed by atoms with Crippen LogP contribution in [0.1, 0.15) is 0 Å². The Morgan fingerprint density at radius 3 is 1.13 bits per heavy atom. The number of pyridine rings is 1. The van der Waals surface area contributed by atoms with E-state index in [9.17, 15) is 0 Å². The Hall–Kier alpha value is -6.13. The van der Waals surface area contributed by atoms with Crippen LogP contribution < -0.4 is 0 Å². The van der Waals surface area contributed by atoms with Crippen LogP contribution in [-0.2, 0) is 0 Å². The zero-order valence-electron chi connectivity index (χ0n) is 24.0. The van der Waals surface area contributed by atoms with Crippen LogP contribution in [0.3, 0.4) is 0 Å². The molecule has 0 amide bonds. The molecule has 0 aliphatic rings. The molecule has 0 bridgehead atoms. The summed E-state index contributed by atoms with van der Waals surface area (Å²) in [6.45, 7) is 0. The summed E-state index contributed by atoms with van der Waals surface area (Å²) in [6.07, 6.45) is 0. The Bertz CT molecular complexity index is 2460. The predicted octanol–water partition coefficient (Wildman–Crippen LogP) is 11.8. The Labute approximate surface area is 256 Å². The number of rotatable bonds is 3. The highest BCUT2D eigenvalue weighted by Gasteiger charge is 2.20. The van der Waals surface area contributed by atoms with E-state index < -0.39 is 0 Å². The van der Waals surface area contributed by atoms with E-state index in [2.05, 4.69) is 91.0 Å². The number of nitrogens with zero attached hydrogens (tertiary/aromatic N) is 1. The summed E-state index contributed by atoms with van der Waals surface area (Å²) in [5, 5.41) is 6.49. The lowest BCUT2D eigenvalue weighted by molar-refractivity contribution is 0.669. The molecule has 4 heteroatoms. The van der Waals surface area contributed by atoms with Gasteiger partial charge in [0.1, 0.15) is 33.5 Å². The van der Waals surface area contributed by atoms with Crippen molar-refractivity contribution >= 4 is 65.8 Å². The van der Waals surface area contributed by atoms with Crippen molar-refractivity contribution in [3.63, 3.8) is 0 Å². The van der Waals surface area contributed by atoms with Crippen LogP contribution >= 0.6 is 0 Å². The molecule has 4 heterocycles. The van der Waals surface area contributed by atoms with Crippen molar-refractivity contribution < 1.29 is 13.3 Å². The van der Waals surface area contributed by atoms with E-state index in [4.69, 9.17) is 18.2 Å². The molecule has 0 atom stereocenters. The largest absolute Gasteiger partial charge is 0.455 e. The molecule has 210 valence electrons. The Kier molecular flexibility index (Phi) is 4.96. The fraction of sp³-hybridized carbons (Fsp3) is 0. The van der Waals surface area contributed by atoms with Crippen LogP contribution in [0.2, 0.25) is 0 Å². The smallest absolute Gasteiger partial charge is 0.144 e. The number of fused-ring (bicyclic) bond motifs is 9. The molecule has 4 nitrogen and oxygen atoms in total. The monoisotopic (exact) mass is 577 g/mol. The van der Waals surface area contributed by atoms with E-state index in [1.807, 2.05) is 48.5 Å². The van der Waals surface area contributed by atoms with Crippen molar-refractivity contribution in [1.82, 2.24) is 4.98 Å². The summed E-state index contributed by atoms with van der Waals surface area (Å²) in [7, 11) is 0. The van der Waals surface area contributed by atoms with Crippen LogP contribution in [0.25, 0.3) is 99.5 Å². The lowest BCUT2D eigenvalue weighted by atomic mass is 9.97. The molecule has 6 aromatic carbocycles. The number of benzene rings is 6. The zero-order valence-corrected chi connectivity index (χ0v) is 24.0. The molecule has 0 N–H and O–H groups in total. The van der Waals surface area contributed by atoms with E-state index in [0.29, 0.717) is 0 Å². The summed E-state index contributed by atoms with van der Waals surface area (Å²) < 4.78 is 19.4. The van der Waals surface area contributed by atoms with Gasteiger partial charge in [-0.1, -0.05) is 97.1 Å². The predicted molar refractivity (Wildman–Crippen MR) is 182 cm³/mol.